The summed E-state index contributed by atoms with van der Waals surface area (Å²) in [4.78, 5) is 2.39. The standard InChI is InChI=1S/C44H29NO/c1-3-13-30(14-4-1)31-25-27-35(28-26-31)45(39-22-11-19-32-15-7-9-20-36(32)39)40-23-12-24-41-43(40)38-29-34-18-8-10-21-37(34)42(44(38)46-41)33-16-5-2-6-17-33/h1-29H. The normalized spacial score (nSPS) is 11.5. The van der Waals surface area contributed by atoms with Crippen LogP contribution in [0.1, 0.15) is 0 Å². The van der Waals surface area contributed by atoms with E-state index in [-0.39, 0.29) is 0 Å². The van der Waals surface area contributed by atoms with Crippen molar-refractivity contribution in [1.29, 1.82) is 0 Å². The van der Waals surface area contributed by atoms with E-state index in [1.807, 2.05) is 0 Å². The van der Waals surface area contributed by atoms with Crippen LogP contribution in [0.5, 0.6) is 0 Å². The summed E-state index contributed by atoms with van der Waals surface area (Å²) in [5.74, 6) is 0. The first-order valence-corrected chi connectivity index (χ1v) is 15.7. The van der Waals surface area contributed by atoms with Crippen LogP contribution in [-0.2, 0) is 0 Å². The third-order valence-electron chi connectivity index (χ3n) is 9.03. The molecule has 0 saturated heterocycles. The minimum atomic E-state index is 0.867. The Morgan fingerprint density at radius 3 is 1.76 bits per heavy atom. The van der Waals surface area contributed by atoms with Gasteiger partial charge in [-0.15, -0.1) is 0 Å². The predicted molar refractivity (Wildman–Crippen MR) is 194 cm³/mol. The molecular formula is C44H29NO. The Bertz CT molecular complexity index is 2510. The van der Waals surface area contributed by atoms with Crippen molar-refractivity contribution < 1.29 is 4.42 Å². The summed E-state index contributed by atoms with van der Waals surface area (Å²) in [6.45, 7) is 0. The van der Waals surface area contributed by atoms with Crippen LogP contribution in [0.15, 0.2) is 180 Å². The number of anilines is 3. The van der Waals surface area contributed by atoms with Crippen LogP contribution < -0.4 is 4.90 Å². The molecule has 0 bridgehead atoms. The number of fused-ring (bicyclic) bond motifs is 5. The van der Waals surface area contributed by atoms with E-state index >= 15 is 0 Å². The van der Waals surface area contributed by atoms with Crippen molar-refractivity contribution in [1.82, 2.24) is 0 Å². The van der Waals surface area contributed by atoms with Crippen molar-refractivity contribution in [2.75, 3.05) is 4.90 Å². The Kier molecular flexibility index (Phi) is 6.17. The molecule has 0 saturated carbocycles. The molecule has 0 amide bonds. The number of hydrogen-bond acceptors (Lipinski definition) is 2. The molecule has 0 aliphatic rings. The number of hydrogen-bond donors (Lipinski definition) is 0. The molecule has 1 aromatic heterocycles. The van der Waals surface area contributed by atoms with Gasteiger partial charge in [0.25, 0.3) is 0 Å². The maximum atomic E-state index is 6.85. The van der Waals surface area contributed by atoms with Crippen molar-refractivity contribution in [3.63, 3.8) is 0 Å². The smallest absolute Gasteiger partial charge is 0.143 e. The molecule has 0 radical (unpaired) electrons. The van der Waals surface area contributed by atoms with Gasteiger partial charge < -0.3 is 9.32 Å². The molecule has 2 heteroatoms. The molecule has 0 N–H and O–H groups in total. The van der Waals surface area contributed by atoms with Crippen LogP contribution >= 0.6 is 0 Å². The van der Waals surface area contributed by atoms with Gasteiger partial charge in [0.05, 0.1) is 16.8 Å². The maximum absolute atomic E-state index is 6.85. The molecule has 0 atom stereocenters. The lowest BCUT2D eigenvalue weighted by molar-refractivity contribution is 0.670. The summed E-state index contributed by atoms with van der Waals surface area (Å²) < 4.78 is 6.85. The lowest BCUT2D eigenvalue weighted by Crippen LogP contribution is -2.10. The van der Waals surface area contributed by atoms with E-state index in [2.05, 4.69) is 181 Å². The van der Waals surface area contributed by atoms with E-state index in [0.717, 1.165) is 50.1 Å². The fourth-order valence-electron chi connectivity index (χ4n) is 6.93. The van der Waals surface area contributed by atoms with Gasteiger partial charge in [-0.05, 0) is 69.2 Å². The summed E-state index contributed by atoms with van der Waals surface area (Å²) >= 11 is 0. The van der Waals surface area contributed by atoms with Crippen LogP contribution in [0.25, 0.3) is 65.7 Å². The zero-order valence-electron chi connectivity index (χ0n) is 25.1. The van der Waals surface area contributed by atoms with E-state index in [9.17, 15) is 0 Å². The van der Waals surface area contributed by atoms with Gasteiger partial charge in [-0.3, -0.25) is 0 Å². The van der Waals surface area contributed by atoms with Gasteiger partial charge >= 0.3 is 0 Å². The average molecular weight is 588 g/mol. The minimum Gasteiger partial charge on any atom is -0.455 e. The topological polar surface area (TPSA) is 16.4 Å². The summed E-state index contributed by atoms with van der Waals surface area (Å²) in [6, 6.07) is 62.6. The van der Waals surface area contributed by atoms with Crippen LogP contribution in [0.4, 0.5) is 17.1 Å². The number of nitrogens with zero attached hydrogens (tertiary/aromatic N) is 1. The first kappa shape index (κ1) is 26.3. The highest BCUT2D eigenvalue weighted by Gasteiger charge is 2.23. The second-order valence-electron chi connectivity index (χ2n) is 11.7. The second-order valence-corrected chi connectivity index (χ2v) is 11.7. The van der Waals surface area contributed by atoms with Gasteiger partial charge in [-0.2, -0.15) is 0 Å². The van der Waals surface area contributed by atoms with Gasteiger partial charge in [0.2, 0.25) is 0 Å². The van der Waals surface area contributed by atoms with E-state index in [4.69, 9.17) is 4.42 Å². The van der Waals surface area contributed by atoms with E-state index in [0.29, 0.717) is 0 Å². The Hall–Kier alpha value is -6.12. The van der Waals surface area contributed by atoms with Gasteiger partial charge in [0.15, 0.2) is 0 Å². The molecular weight excluding hydrogens is 558 g/mol. The molecule has 46 heavy (non-hydrogen) atoms. The number of furan rings is 1. The SMILES string of the molecule is c1ccc(-c2ccc(N(c3cccc4ccccc34)c3cccc4oc5c(-c6ccccc6)c6ccccc6cc5c34)cc2)cc1. The van der Waals surface area contributed by atoms with Crippen molar-refractivity contribution in [3.05, 3.63) is 176 Å². The quantitative estimate of drug-likeness (QED) is 0.199. The third kappa shape index (κ3) is 4.27. The predicted octanol–water partition coefficient (Wildman–Crippen LogP) is 12.7. The Morgan fingerprint density at radius 1 is 0.391 bits per heavy atom. The minimum absolute atomic E-state index is 0.867. The summed E-state index contributed by atoms with van der Waals surface area (Å²) in [5, 5.41) is 6.97. The highest BCUT2D eigenvalue weighted by Crippen LogP contribution is 2.48. The third-order valence-corrected chi connectivity index (χ3v) is 9.03. The van der Waals surface area contributed by atoms with Crippen molar-refractivity contribution in [3.8, 4) is 22.3 Å². The molecule has 0 fully saturated rings. The Balaban J connectivity index is 1.35. The van der Waals surface area contributed by atoms with Crippen molar-refractivity contribution in [2.45, 2.75) is 0 Å². The zero-order chi connectivity index (χ0) is 30.5. The first-order valence-electron chi connectivity index (χ1n) is 15.7. The monoisotopic (exact) mass is 587 g/mol. The lowest BCUT2D eigenvalue weighted by atomic mass is 9.95. The van der Waals surface area contributed by atoms with Gasteiger partial charge in [-0.1, -0.05) is 140 Å². The Morgan fingerprint density at radius 2 is 0.978 bits per heavy atom. The van der Waals surface area contributed by atoms with E-state index < -0.39 is 0 Å². The van der Waals surface area contributed by atoms with Gasteiger partial charge in [0, 0.05) is 22.0 Å². The van der Waals surface area contributed by atoms with Crippen LogP contribution in [0.2, 0.25) is 0 Å². The molecule has 0 aliphatic carbocycles. The fourth-order valence-corrected chi connectivity index (χ4v) is 6.93. The lowest BCUT2D eigenvalue weighted by Gasteiger charge is -2.27. The molecule has 9 rings (SSSR count). The molecule has 216 valence electrons. The largest absolute Gasteiger partial charge is 0.455 e. The molecule has 9 aromatic rings. The van der Waals surface area contributed by atoms with E-state index in [1.54, 1.807) is 0 Å². The summed E-state index contributed by atoms with van der Waals surface area (Å²) in [7, 11) is 0. The molecule has 8 aromatic carbocycles. The number of rotatable bonds is 5. The highest BCUT2D eigenvalue weighted by atomic mass is 16.3. The highest BCUT2D eigenvalue weighted by molar-refractivity contribution is 6.22. The van der Waals surface area contributed by atoms with Crippen LogP contribution in [0.3, 0.4) is 0 Å². The number of benzene rings is 8. The zero-order valence-corrected chi connectivity index (χ0v) is 25.1. The van der Waals surface area contributed by atoms with E-state index in [1.165, 1.54) is 32.7 Å². The van der Waals surface area contributed by atoms with Crippen molar-refractivity contribution >= 4 is 60.5 Å². The second kappa shape index (κ2) is 10.8. The Labute approximate surface area is 267 Å². The summed E-state index contributed by atoms with van der Waals surface area (Å²) in [6.07, 6.45) is 0. The average Bonchev–Trinajstić information content (AvgIpc) is 3.50. The van der Waals surface area contributed by atoms with Crippen LogP contribution in [0, 0.1) is 0 Å². The van der Waals surface area contributed by atoms with Crippen LogP contribution in [-0.4, -0.2) is 0 Å². The van der Waals surface area contributed by atoms with Gasteiger partial charge in [-0.25, -0.2) is 0 Å². The maximum Gasteiger partial charge on any atom is 0.143 e. The molecule has 1 heterocycles. The first-order chi connectivity index (χ1) is 22.8. The van der Waals surface area contributed by atoms with Crippen molar-refractivity contribution in [2.24, 2.45) is 0 Å². The molecule has 2 nitrogen and oxygen atoms in total. The fraction of sp³-hybridized carbons (Fsp3) is 0. The summed E-state index contributed by atoms with van der Waals surface area (Å²) in [5.41, 5.74) is 9.72. The molecule has 0 unspecified atom stereocenters. The van der Waals surface area contributed by atoms with Gasteiger partial charge in [0.1, 0.15) is 11.2 Å². The molecule has 0 spiro atoms. The molecule has 0 aliphatic heterocycles.